The van der Waals surface area contributed by atoms with E-state index in [9.17, 15) is 49.5 Å². The Kier molecular flexibility index (Phi) is 5.57. The number of amides is 1. The third kappa shape index (κ3) is 3.50. The van der Waals surface area contributed by atoms with Gasteiger partial charge in [-0.1, -0.05) is 0 Å². The second-order valence-corrected chi connectivity index (χ2v) is 6.17. The zero-order valence-corrected chi connectivity index (χ0v) is 15.4. The van der Waals surface area contributed by atoms with Gasteiger partial charge >= 0.3 is 18.0 Å². The summed E-state index contributed by atoms with van der Waals surface area (Å²) in [5.74, 6) is -20.5. The maximum atomic E-state index is 14.5. The van der Waals surface area contributed by atoms with Crippen LogP contribution < -0.4 is 9.64 Å². The molecule has 1 aliphatic heterocycles. The Hall–Kier alpha value is -3.71. The summed E-state index contributed by atoms with van der Waals surface area (Å²) in [5.41, 5.74) is -4.03. The molecule has 0 radical (unpaired) electrons. The first-order valence-corrected chi connectivity index (χ1v) is 8.17. The Bertz CT molecular complexity index is 1150. The van der Waals surface area contributed by atoms with Crippen molar-refractivity contribution >= 4 is 23.3 Å². The van der Waals surface area contributed by atoms with Gasteiger partial charge in [0.1, 0.15) is 5.82 Å². The Morgan fingerprint density at radius 3 is 2.03 bits per heavy atom. The van der Waals surface area contributed by atoms with Crippen molar-refractivity contribution in [3.05, 3.63) is 47.0 Å². The molecule has 14 heteroatoms. The SMILES string of the molecule is COC(=O)C(=O)CN1C(=O)C(F)(F)Oc2cc(F)c(-c3c(F)c(F)c(F)c(F)c3F)cc21. The number of hydrogen-bond donors (Lipinski definition) is 0. The maximum Gasteiger partial charge on any atom is 0.482 e. The number of rotatable bonds is 4. The Morgan fingerprint density at radius 1 is 0.969 bits per heavy atom. The lowest BCUT2D eigenvalue weighted by molar-refractivity contribution is -0.193. The van der Waals surface area contributed by atoms with Crippen LogP contribution in [0.3, 0.4) is 0 Å². The van der Waals surface area contributed by atoms with Crippen LogP contribution in [-0.4, -0.2) is 37.4 Å². The normalized spacial score (nSPS) is 14.7. The third-order valence-corrected chi connectivity index (χ3v) is 4.27. The molecule has 6 nitrogen and oxygen atoms in total. The number of halogens is 8. The molecular formula is C18H7F8NO5. The van der Waals surface area contributed by atoms with Crippen LogP contribution in [-0.2, 0) is 19.1 Å². The van der Waals surface area contributed by atoms with Crippen LogP contribution in [0.4, 0.5) is 40.8 Å². The molecule has 3 rings (SSSR count). The summed E-state index contributed by atoms with van der Waals surface area (Å²) in [6.45, 7) is -1.40. The first kappa shape index (κ1) is 23.0. The minimum atomic E-state index is -4.65. The molecule has 1 amide bonds. The van der Waals surface area contributed by atoms with Crippen molar-refractivity contribution in [2.24, 2.45) is 0 Å². The number of carbonyl (C=O) groups is 3. The summed E-state index contributed by atoms with van der Waals surface area (Å²) in [4.78, 5) is 35.0. The van der Waals surface area contributed by atoms with E-state index in [4.69, 9.17) is 0 Å². The number of alkyl halides is 2. The van der Waals surface area contributed by atoms with Crippen molar-refractivity contribution in [1.82, 2.24) is 0 Å². The lowest BCUT2D eigenvalue weighted by Crippen LogP contribution is -2.53. The molecule has 0 N–H and O–H groups in total. The van der Waals surface area contributed by atoms with Gasteiger partial charge in [-0.15, -0.1) is 0 Å². The molecule has 0 atom stereocenters. The molecular weight excluding hydrogens is 462 g/mol. The van der Waals surface area contributed by atoms with Gasteiger partial charge in [0.2, 0.25) is 5.82 Å². The average molecular weight is 469 g/mol. The van der Waals surface area contributed by atoms with Gasteiger partial charge in [0.15, 0.2) is 29.0 Å². The average Bonchev–Trinajstić information content (AvgIpc) is 2.74. The van der Waals surface area contributed by atoms with Crippen LogP contribution in [0.5, 0.6) is 5.75 Å². The van der Waals surface area contributed by atoms with E-state index in [1.807, 2.05) is 0 Å². The monoisotopic (exact) mass is 469 g/mol. The summed E-state index contributed by atoms with van der Waals surface area (Å²) < 4.78 is 119. The van der Waals surface area contributed by atoms with Crippen molar-refractivity contribution in [2.45, 2.75) is 6.11 Å². The van der Waals surface area contributed by atoms with Crippen molar-refractivity contribution in [3.63, 3.8) is 0 Å². The van der Waals surface area contributed by atoms with Crippen LogP contribution >= 0.6 is 0 Å². The lowest BCUT2D eigenvalue weighted by Gasteiger charge is -2.33. The molecule has 1 heterocycles. The van der Waals surface area contributed by atoms with Crippen LogP contribution in [0.1, 0.15) is 0 Å². The van der Waals surface area contributed by atoms with Gasteiger partial charge < -0.3 is 9.47 Å². The van der Waals surface area contributed by atoms with Crippen LogP contribution in [0, 0.1) is 34.9 Å². The second kappa shape index (κ2) is 7.76. The molecule has 0 saturated carbocycles. The Balaban J connectivity index is 2.26. The van der Waals surface area contributed by atoms with E-state index in [-0.39, 0.29) is 17.0 Å². The van der Waals surface area contributed by atoms with Crippen LogP contribution in [0.25, 0.3) is 11.1 Å². The molecule has 170 valence electrons. The minimum absolute atomic E-state index is 0.0820. The Labute approximate surface area is 171 Å². The third-order valence-electron chi connectivity index (χ3n) is 4.27. The molecule has 0 aromatic heterocycles. The first-order valence-electron chi connectivity index (χ1n) is 8.17. The molecule has 0 fully saturated rings. The van der Waals surface area contributed by atoms with Gasteiger partial charge in [-0.05, 0) is 6.07 Å². The maximum absolute atomic E-state index is 14.5. The standard InChI is InChI=1S/C18H7F8NO5/c1-31-16(29)8(28)4-27-7-2-5(6(19)3-9(7)32-18(25,26)17(27)30)10-11(20)13(22)15(24)14(23)12(10)21/h2-3H,4H2,1H3. The van der Waals surface area contributed by atoms with Crippen molar-refractivity contribution < 1.29 is 59.0 Å². The number of methoxy groups -OCH3 is 1. The lowest BCUT2D eigenvalue weighted by atomic mass is 10.0. The number of ketones is 1. The summed E-state index contributed by atoms with van der Waals surface area (Å²) >= 11 is 0. The predicted octanol–water partition coefficient (Wildman–Crippen LogP) is 3.25. The topological polar surface area (TPSA) is 72.9 Å². The number of esters is 1. The fourth-order valence-corrected chi connectivity index (χ4v) is 2.80. The minimum Gasteiger partial charge on any atom is -0.463 e. The number of nitrogens with zero attached hydrogens (tertiary/aromatic N) is 1. The molecule has 0 unspecified atom stereocenters. The molecule has 2 aromatic rings. The molecule has 0 aliphatic carbocycles. The van der Waals surface area contributed by atoms with Gasteiger partial charge in [-0.2, -0.15) is 8.78 Å². The highest BCUT2D eigenvalue weighted by molar-refractivity contribution is 6.35. The zero-order chi connectivity index (χ0) is 24.1. The van der Waals surface area contributed by atoms with Gasteiger partial charge in [0.25, 0.3) is 5.78 Å². The van der Waals surface area contributed by atoms with E-state index in [0.29, 0.717) is 0 Å². The fraction of sp³-hybridized carbons (Fsp3) is 0.167. The summed E-state index contributed by atoms with van der Waals surface area (Å²) in [5, 5.41) is 0. The van der Waals surface area contributed by atoms with Gasteiger partial charge in [-0.25, -0.2) is 31.1 Å². The highest BCUT2D eigenvalue weighted by Gasteiger charge is 2.51. The van der Waals surface area contributed by atoms with E-state index >= 15 is 0 Å². The van der Waals surface area contributed by atoms with Gasteiger partial charge in [-0.3, -0.25) is 14.5 Å². The molecule has 1 aliphatic rings. The number of ether oxygens (including phenoxy) is 2. The zero-order valence-electron chi connectivity index (χ0n) is 15.4. The molecule has 32 heavy (non-hydrogen) atoms. The summed E-state index contributed by atoms with van der Waals surface area (Å²) in [6.07, 6.45) is -4.65. The van der Waals surface area contributed by atoms with Crippen molar-refractivity contribution in [3.8, 4) is 16.9 Å². The predicted molar refractivity (Wildman–Crippen MR) is 86.6 cm³/mol. The molecule has 0 bridgehead atoms. The van der Waals surface area contributed by atoms with Gasteiger partial charge in [0, 0.05) is 11.6 Å². The number of anilines is 1. The van der Waals surface area contributed by atoms with Crippen LogP contribution in [0.15, 0.2) is 12.1 Å². The second-order valence-electron chi connectivity index (χ2n) is 6.17. The number of benzene rings is 2. The Morgan fingerprint density at radius 2 is 1.50 bits per heavy atom. The molecule has 0 saturated heterocycles. The number of Topliss-reactive ketones (excluding diaryl/α,β-unsaturated/α-hetero) is 1. The van der Waals surface area contributed by atoms with Crippen molar-refractivity contribution in [2.75, 3.05) is 18.6 Å². The number of fused-ring (bicyclic) bond motifs is 1. The summed E-state index contributed by atoms with van der Waals surface area (Å²) in [6, 6.07) is 0.333. The smallest absolute Gasteiger partial charge is 0.463 e. The van der Waals surface area contributed by atoms with E-state index in [1.165, 1.54) is 0 Å². The number of carbonyl (C=O) groups excluding carboxylic acids is 3. The first-order chi connectivity index (χ1) is 14.8. The molecule has 0 spiro atoms. The van der Waals surface area contributed by atoms with E-state index in [2.05, 4.69) is 9.47 Å². The highest BCUT2D eigenvalue weighted by Crippen LogP contribution is 2.44. The van der Waals surface area contributed by atoms with Gasteiger partial charge in [0.05, 0.1) is 24.9 Å². The summed E-state index contributed by atoms with van der Waals surface area (Å²) in [7, 11) is 0.764. The van der Waals surface area contributed by atoms with Crippen LogP contribution in [0.2, 0.25) is 0 Å². The van der Waals surface area contributed by atoms with Crippen molar-refractivity contribution in [1.29, 1.82) is 0 Å². The fourth-order valence-electron chi connectivity index (χ4n) is 2.80. The quantitative estimate of drug-likeness (QED) is 0.226. The largest absolute Gasteiger partial charge is 0.482 e. The number of hydrogen-bond acceptors (Lipinski definition) is 5. The van der Waals surface area contributed by atoms with E-state index in [1.54, 1.807) is 0 Å². The molecule has 2 aromatic carbocycles. The highest BCUT2D eigenvalue weighted by atomic mass is 19.3. The van der Waals surface area contributed by atoms with E-state index < -0.39 is 87.8 Å². The van der Waals surface area contributed by atoms with E-state index in [0.717, 1.165) is 7.11 Å².